The van der Waals surface area contributed by atoms with Crippen LogP contribution in [-0.2, 0) is 0 Å². The molecule has 1 aromatic carbocycles. The standard InChI is InChI=1S/C11H10OS/c1-3-4-11(12)9-5-7-10(13-2)8-6-9/h5-8H,1-2H3. The van der Waals surface area contributed by atoms with E-state index in [-0.39, 0.29) is 5.78 Å². The number of rotatable bonds is 2. The first-order chi connectivity index (χ1) is 6.27. The molecule has 1 aromatic rings. The fourth-order valence-electron chi connectivity index (χ4n) is 0.928. The van der Waals surface area contributed by atoms with Crippen molar-refractivity contribution in [1.82, 2.24) is 0 Å². The lowest BCUT2D eigenvalue weighted by molar-refractivity contribution is 0.105. The predicted octanol–water partition coefficient (Wildman–Crippen LogP) is 2.61. The second-order valence-corrected chi connectivity index (χ2v) is 3.31. The maximum absolute atomic E-state index is 11.3. The van der Waals surface area contributed by atoms with E-state index >= 15 is 0 Å². The van der Waals surface area contributed by atoms with Gasteiger partial charge in [0.25, 0.3) is 0 Å². The zero-order chi connectivity index (χ0) is 9.68. The molecule has 0 N–H and O–H groups in total. The maximum Gasteiger partial charge on any atom is 0.235 e. The van der Waals surface area contributed by atoms with Crippen molar-refractivity contribution in [2.24, 2.45) is 0 Å². The molecule has 0 unspecified atom stereocenters. The second kappa shape index (κ2) is 4.74. The van der Waals surface area contributed by atoms with E-state index in [2.05, 4.69) is 11.8 Å². The monoisotopic (exact) mass is 190 g/mol. The van der Waals surface area contributed by atoms with Gasteiger partial charge in [-0.15, -0.1) is 11.8 Å². The number of carbonyl (C=O) groups excluding carboxylic acids is 1. The smallest absolute Gasteiger partial charge is 0.235 e. The van der Waals surface area contributed by atoms with Crippen LogP contribution in [0.25, 0.3) is 0 Å². The molecule has 0 saturated carbocycles. The molecule has 0 bridgehead atoms. The number of carbonyl (C=O) groups is 1. The topological polar surface area (TPSA) is 17.1 Å². The molecule has 1 nitrogen and oxygen atoms in total. The first-order valence-electron chi connectivity index (χ1n) is 3.89. The highest BCUT2D eigenvalue weighted by Crippen LogP contribution is 2.14. The van der Waals surface area contributed by atoms with Gasteiger partial charge in [-0.05, 0) is 43.4 Å². The number of benzene rings is 1. The third kappa shape index (κ3) is 2.64. The number of hydrogen-bond donors (Lipinski definition) is 0. The molecule has 0 aliphatic heterocycles. The van der Waals surface area contributed by atoms with Gasteiger partial charge in [0, 0.05) is 10.5 Å². The van der Waals surface area contributed by atoms with Crippen molar-refractivity contribution in [2.45, 2.75) is 11.8 Å². The summed E-state index contributed by atoms with van der Waals surface area (Å²) in [4.78, 5) is 12.4. The second-order valence-electron chi connectivity index (χ2n) is 2.43. The van der Waals surface area contributed by atoms with Gasteiger partial charge in [-0.3, -0.25) is 4.79 Å². The summed E-state index contributed by atoms with van der Waals surface area (Å²) in [6.45, 7) is 1.66. The summed E-state index contributed by atoms with van der Waals surface area (Å²) in [6.07, 6.45) is 2.00. The molecule has 13 heavy (non-hydrogen) atoms. The molecule has 0 amide bonds. The van der Waals surface area contributed by atoms with E-state index in [0.717, 1.165) is 4.90 Å². The van der Waals surface area contributed by atoms with Crippen molar-refractivity contribution < 1.29 is 4.79 Å². The van der Waals surface area contributed by atoms with E-state index in [0.29, 0.717) is 5.56 Å². The van der Waals surface area contributed by atoms with Gasteiger partial charge < -0.3 is 0 Å². The third-order valence-electron chi connectivity index (χ3n) is 1.59. The summed E-state index contributed by atoms with van der Waals surface area (Å²) in [5.74, 6) is 4.98. The lowest BCUT2D eigenvalue weighted by atomic mass is 10.1. The van der Waals surface area contributed by atoms with Gasteiger partial charge in [0.1, 0.15) is 0 Å². The van der Waals surface area contributed by atoms with Crippen LogP contribution >= 0.6 is 11.8 Å². The van der Waals surface area contributed by atoms with Gasteiger partial charge >= 0.3 is 0 Å². The van der Waals surface area contributed by atoms with Crippen molar-refractivity contribution in [3.05, 3.63) is 29.8 Å². The number of thioether (sulfide) groups is 1. The molecular formula is C11H10OS. The fraction of sp³-hybridized carbons (Fsp3) is 0.182. The van der Waals surface area contributed by atoms with E-state index in [1.807, 2.05) is 18.4 Å². The highest BCUT2D eigenvalue weighted by atomic mass is 32.2. The molecular weight excluding hydrogens is 180 g/mol. The molecule has 0 aliphatic rings. The number of hydrogen-bond acceptors (Lipinski definition) is 2. The Hall–Kier alpha value is -1.20. The Bertz CT molecular complexity index is 354. The van der Waals surface area contributed by atoms with Crippen LogP contribution < -0.4 is 0 Å². The van der Waals surface area contributed by atoms with Crippen molar-refractivity contribution >= 4 is 17.5 Å². The van der Waals surface area contributed by atoms with Crippen LogP contribution in [-0.4, -0.2) is 12.0 Å². The molecule has 0 radical (unpaired) electrons. The molecule has 0 atom stereocenters. The normalized spacial score (nSPS) is 8.77. The van der Waals surface area contributed by atoms with Crippen LogP contribution in [0.4, 0.5) is 0 Å². The fourth-order valence-corrected chi connectivity index (χ4v) is 1.34. The van der Waals surface area contributed by atoms with Crippen LogP contribution in [0.3, 0.4) is 0 Å². The summed E-state index contributed by atoms with van der Waals surface area (Å²) in [6, 6.07) is 7.46. The van der Waals surface area contributed by atoms with Crippen LogP contribution in [0.5, 0.6) is 0 Å². The SMILES string of the molecule is CC#CC(=O)c1ccc(SC)cc1. The van der Waals surface area contributed by atoms with E-state index in [1.165, 1.54) is 0 Å². The molecule has 2 heteroatoms. The summed E-state index contributed by atoms with van der Waals surface area (Å²) >= 11 is 1.66. The molecule has 1 rings (SSSR count). The molecule has 0 heterocycles. The average Bonchev–Trinajstić information content (AvgIpc) is 2.18. The van der Waals surface area contributed by atoms with Crippen LogP contribution in [0, 0.1) is 11.8 Å². The highest BCUT2D eigenvalue weighted by Gasteiger charge is 2.00. The zero-order valence-electron chi connectivity index (χ0n) is 7.63. The van der Waals surface area contributed by atoms with E-state index < -0.39 is 0 Å². The Labute approximate surface area is 82.5 Å². The van der Waals surface area contributed by atoms with Gasteiger partial charge in [-0.1, -0.05) is 5.92 Å². The van der Waals surface area contributed by atoms with Crippen molar-refractivity contribution in [3.8, 4) is 11.8 Å². The molecule has 66 valence electrons. The van der Waals surface area contributed by atoms with Gasteiger partial charge in [0.2, 0.25) is 5.78 Å². The van der Waals surface area contributed by atoms with E-state index in [9.17, 15) is 4.79 Å². The lowest BCUT2D eigenvalue weighted by Crippen LogP contribution is -1.93. The Morgan fingerprint density at radius 1 is 1.31 bits per heavy atom. The van der Waals surface area contributed by atoms with Crippen LogP contribution in [0.15, 0.2) is 29.2 Å². The van der Waals surface area contributed by atoms with Crippen LogP contribution in [0.1, 0.15) is 17.3 Å². The molecule has 0 aromatic heterocycles. The van der Waals surface area contributed by atoms with Gasteiger partial charge in [-0.25, -0.2) is 0 Å². The third-order valence-corrected chi connectivity index (χ3v) is 2.33. The quantitative estimate of drug-likeness (QED) is 0.308. The van der Waals surface area contributed by atoms with Crippen LogP contribution in [0.2, 0.25) is 0 Å². The molecule has 0 aliphatic carbocycles. The summed E-state index contributed by atoms with van der Waals surface area (Å²) in [5, 5.41) is 0. The molecule has 0 saturated heterocycles. The largest absolute Gasteiger partial charge is 0.279 e. The summed E-state index contributed by atoms with van der Waals surface area (Å²) in [7, 11) is 0. The Morgan fingerprint density at radius 2 is 1.92 bits per heavy atom. The van der Waals surface area contributed by atoms with E-state index in [4.69, 9.17) is 0 Å². The first-order valence-corrected chi connectivity index (χ1v) is 5.11. The van der Waals surface area contributed by atoms with Gasteiger partial charge in [0.05, 0.1) is 0 Å². The lowest BCUT2D eigenvalue weighted by Gasteiger charge is -1.96. The minimum Gasteiger partial charge on any atom is -0.279 e. The summed E-state index contributed by atoms with van der Waals surface area (Å²) in [5.41, 5.74) is 0.659. The number of Topliss-reactive ketones (excluding diaryl/α,β-unsaturated/α-hetero) is 1. The number of ketones is 1. The van der Waals surface area contributed by atoms with Crippen molar-refractivity contribution in [2.75, 3.05) is 6.26 Å². The van der Waals surface area contributed by atoms with Gasteiger partial charge in [-0.2, -0.15) is 0 Å². The average molecular weight is 190 g/mol. The molecule has 0 spiro atoms. The Morgan fingerprint density at radius 3 is 2.38 bits per heavy atom. The molecule has 0 fully saturated rings. The predicted molar refractivity (Wildman–Crippen MR) is 56.0 cm³/mol. The maximum atomic E-state index is 11.3. The Balaban J connectivity index is 2.90. The van der Waals surface area contributed by atoms with Gasteiger partial charge in [0.15, 0.2) is 0 Å². The minimum atomic E-state index is -0.116. The van der Waals surface area contributed by atoms with Crippen molar-refractivity contribution in [1.29, 1.82) is 0 Å². The zero-order valence-corrected chi connectivity index (χ0v) is 8.44. The first kappa shape index (κ1) is 9.88. The summed E-state index contributed by atoms with van der Waals surface area (Å²) < 4.78 is 0. The Kier molecular flexibility index (Phi) is 3.60. The minimum absolute atomic E-state index is 0.116. The van der Waals surface area contributed by atoms with Crippen molar-refractivity contribution in [3.63, 3.8) is 0 Å². The highest BCUT2D eigenvalue weighted by molar-refractivity contribution is 7.98. The van der Waals surface area contributed by atoms with E-state index in [1.54, 1.807) is 30.8 Å².